The number of aliphatic imine (C=N–C) groups is 1. The van der Waals surface area contributed by atoms with Crippen LogP contribution in [-0.4, -0.2) is 29.7 Å². The average Bonchev–Trinajstić information content (AvgIpc) is 3.17. The second-order valence-electron chi connectivity index (χ2n) is 7.46. The Kier molecular flexibility index (Phi) is 7.37. The standard InChI is InChI=1S/C23H22N2O.C2HF3O2/c1-23(19-13-7-3-8-14-19)22(18-11-5-2-6-12-18)24-21(25-23)17-26-20-15-9-4-10-16-20;3-2(4,5)1(6)7/h2-16,22H,17H2,1H3,(H,24,25);(H,6,7)/t22-,23+;/m1./s1. The number of ether oxygens (including phenoxy) is 1. The third-order valence-corrected chi connectivity index (χ3v) is 5.09. The van der Waals surface area contributed by atoms with E-state index in [0.717, 1.165) is 11.6 Å². The second kappa shape index (κ2) is 10.2. The Labute approximate surface area is 189 Å². The highest BCUT2D eigenvalue weighted by molar-refractivity contribution is 5.87. The van der Waals surface area contributed by atoms with Crippen LogP contribution in [-0.2, 0) is 10.3 Å². The van der Waals surface area contributed by atoms with Crippen molar-refractivity contribution in [2.45, 2.75) is 24.7 Å². The zero-order valence-corrected chi connectivity index (χ0v) is 17.8. The predicted molar refractivity (Wildman–Crippen MR) is 119 cm³/mol. The van der Waals surface area contributed by atoms with Crippen LogP contribution in [0, 0.1) is 0 Å². The van der Waals surface area contributed by atoms with Gasteiger partial charge >= 0.3 is 12.1 Å². The number of hydrogen-bond donors (Lipinski definition) is 2. The summed E-state index contributed by atoms with van der Waals surface area (Å²) < 4.78 is 37.6. The topological polar surface area (TPSA) is 70.9 Å². The molecule has 0 saturated heterocycles. The summed E-state index contributed by atoms with van der Waals surface area (Å²) in [6.07, 6.45) is -5.08. The number of aliphatic carboxylic acids is 1. The van der Waals surface area contributed by atoms with Crippen molar-refractivity contribution < 1.29 is 27.8 Å². The Morgan fingerprint density at radius 2 is 1.45 bits per heavy atom. The molecule has 0 bridgehead atoms. The largest absolute Gasteiger partial charge is 0.490 e. The summed E-state index contributed by atoms with van der Waals surface area (Å²) in [6.45, 7) is 2.61. The summed E-state index contributed by atoms with van der Waals surface area (Å²) in [4.78, 5) is 13.9. The van der Waals surface area contributed by atoms with Crippen molar-refractivity contribution in [2.24, 2.45) is 4.99 Å². The fraction of sp³-hybridized carbons (Fsp3) is 0.200. The van der Waals surface area contributed by atoms with Gasteiger partial charge in [0, 0.05) is 0 Å². The zero-order chi connectivity index (χ0) is 23.9. The van der Waals surface area contributed by atoms with Crippen molar-refractivity contribution in [1.82, 2.24) is 5.32 Å². The van der Waals surface area contributed by atoms with Crippen LogP contribution in [0.5, 0.6) is 5.75 Å². The monoisotopic (exact) mass is 456 g/mol. The minimum atomic E-state index is -5.08. The van der Waals surface area contributed by atoms with Crippen LogP contribution in [0.15, 0.2) is 96.0 Å². The van der Waals surface area contributed by atoms with E-state index >= 15 is 0 Å². The van der Waals surface area contributed by atoms with E-state index in [2.05, 4.69) is 60.8 Å². The number of nitrogens with one attached hydrogen (secondary N) is 1. The van der Waals surface area contributed by atoms with Crippen LogP contribution in [0.2, 0.25) is 0 Å². The first kappa shape index (κ1) is 23.8. The Morgan fingerprint density at radius 3 is 1.97 bits per heavy atom. The molecular weight excluding hydrogens is 433 g/mol. The lowest BCUT2D eigenvalue weighted by Gasteiger charge is -2.30. The quantitative estimate of drug-likeness (QED) is 0.543. The fourth-order valence-corrected chi connectivity index (χ4v) is 3.49. The lowest BCUT2D eigenvalue weighted by molar-refractivity contribution is -0.192. The lowest BCUT2D eigenvalue weighted by atomic mass is 9.82. The van der Waals surface area contributed by atoms with Gasteiger partial charge in [-0.3, -0.25) is 4.99 Å². The maximum Gasteiger partial charge on any atom is 0.490 e. The van der Waals surface area contributed by atoms with E-state index < -0.39 is 12.1 Å². The van der Waals surface area contributed by atoms with Crippen molar-refractivity contribution >= 4 is 11.8 Å². The van der Waals surface area contributed by atoms with Gasteiger partial charge in [-0.05, 0) is 30.2 Å². The number of amidine groups is 1. The number of carboxylic acid groups (broad SMARTS) is 1. The molecule has 0 spiro atoms. The molecule has 1 aliphatic rings. The molecule has 33 heavy (non-hydrogen) atoms. The summed E-state index contributed by atoms with van der Waals surface area (Å²) >= 11 is 0. The zero-order valence-electron chi connectivity index (χ0n) is 17.8. The first-order valence-corrected chi connectivity index (χ1v) is 10.1. The Bertz CT molecular complexity index is 1070. The third kappa shape index (κ3) is 6.12. The van der Waals surface area contributed by atoms with E-state index in [4.69, 9.17) is 19.6 Å². The van der Waals surface area contributed by atoms with Gasteiger partial charge in [-0.15, -0.1) is 0 Å². The molecule has 2 N–H and O–H groups in total. The van der Waals surface area contributed by atoms with Crippen LogP contribution >= 0.6 is 0 Å². The number of rotatable bonds is 5. The summed E-state index contributed by atoms with van der Waals surface area (Å²) in [6, 6.07) is 30.8. The van der Waals surface area contributed by atoms with Crippen LogP contribution < -0.4 is 10.1 Å². The number of halogens is 3. The molecular formula is C25H23F3N2O3. The number of carboxylic acids is 1. The van der Waals surface area contributed by atoms with Crippen molar-refractivity contribution in [3.63, 3.8) is 0 Å². The molecule has 0 aromatic heterocycles. The van der Waals surface area contributed by atoms with Gasteiger partial charge in [-0.1, -0.05) is 78.9 Å². The molecule has 3 aromatic rings. The SMILES string of the molecule is C[C@@]1(c2ccccc2)N=C(COc2ccccc2)N[C@@H]1c1ccccc1.O=C(O)C(F)(F)F. The van der Waals surface area contributed by atoms with Crippen molar-refractivity contribution in [2.75, 3.05) is 6.61 Å². The molecule has 0 fully saturated rings. The van der Waals surface area contributed by atoms with E-state index in [1.165, 1.54) is 11.1 Å². The average molecular weight is 456 g/mol. The number of hydrogen-bond acceptors (Lipinski definition) is 4. The van der Waals surface area contributed by atoms with Gasteiger partial charge in [0.1, 0.15) is 23.7 Å². The van der Waals surface area contributed by atoms with Crippen LogP contribution in [0.25, 0.3) is 0 Å². The maximum absolute atomic E-state index is 10.6. The van der Waals surface area contributed by atoms with Gasteiger partial charge in [0.15, 0.2) is 0 Å². The summed E-state index contributed by atoms with van der Waals surface area (Å²) in [5.41, 5.74) is 2.03. The molecule has 0 amide bonds. The molecule has 0 saturated carbocycles. The van der Waals surface area contributed by atoms with Crippen molar-refractivity contribution in [3.05, 3.63) is 102 Å². The molecule has 8 heteroatoms. The van der Waals surface area contributed by atoms with E-state index in [1.54, 1.807) is 0 Å². The summed E-state index contributed by atoms with van der Waals surface area (Å²) in [5.74, 6) is -1.04. The minimum Gasteiger partial charge on any atom is -0.486 e. The third-order valence-electron chi connectivity index (χ3n) is 5.09. The Balaban J connectivity index is 0.000000383. The molecule has 0 unspecified atom stereocenters. The predicted octanol–water partition coefficient (Wildman–Crippen LogP) is 5.36. The highest BCUT2D eigenvalue weighted by atomic mass is 19.4. The maximum atomic E-state index is 10.6. The number of para-hydroxylation sites is 1. The second-order valence-corrected chi connectivity index (χ2v) is 7.46. The summed E-state index contributed by atoms with van der Waals surface area (Å²) in [7, 11) is 0. The molecule has 1 heterocycles. The van der Waals surface area contributed by atoms with Gasteiger partial charge in [0.25, 0.3) is 0 Å². The first-order valence-electron chi connectivity index (χ1n) is 10.1. The number of benzene rings is 3. The van der Waals surface area contributed by atoms with Crippen LogP contribution in [0.4, 0.5) is 13.2 Å². The summed E-state index contributed by atoms with van der Waals surface area (Å²) in [5, 5.41) is 10.7. The van der Waals surface area contributed by atoms with E-state index in [9.17, 15) is 13.2 Å². The Morgan fingerprint density at radius 1 is 0.970 bits per heavy atom. The minimum absolute atomic E-state index is 0.0699. The van der Waals surface area contributed by atoms with Gasteiger partial charge < -0.3 is 15.2 Å². The lowest BCUT2D eigenvalue weighted by Crippen LogP contribution is -2.34. The van der Waals surface area contributed by atoms with E-state index in [-0.39, 0.29) is 11.6 Å². The first-order chi connectivity index (χ1) is 15.7. The van der Waals surface area contributed by atoms with Gasteiger partial charge in [0.05, 0.1) is 6.04 Å². The van der Waals surface area contributed by atoms with Gasteiger partial charge in [0.2, 0.25) is 0 Å². The van der Waals surface area contributed by atoms with E-state index in [1.807, 2.05) is 42.5 Å². The van der Waals surface area contributed by atoms with Crippen molar-refractivity contribution in [1.29, 1.82) is 0 Å². The normalized spacial score (nSPS) is 19.5. The van der Waals surface area contributed by atoms with E-state index in [0.29, 0.717) is 6.61 Å². The van der Waals surface area contributed by atoms with Gasteiger partial charge in [-0.25, -0.2) is 4.79 Å². The molecule has 172 valence electrons. The molecule has 1 aliphatic heterocycles. The van der Waals surface area contributed by atoms with Crippen molar-refractivity contribution in [3.8, 4) is 5.75 Å². The fourth-order valence-electron chi connectivity index (χ4n) is 3.49. The molecule has 5 nitrogen and oxygen atoms in total. The highest BCUT2D eigenvalue weighted by Gasteiger charge is 2.42. The van der Waals surface area contributed by atoms with Crippen LogP contribution in [0.1, 0.15) is 24.1 Å². The molecule has 3 aromatic carbocycles. The smallest absolute Gasteiger partial charge is 0.486 e. The molecule has 0 radical (unpaired) electrons. The number of nitrogens with zero attached hydrogens (tertiary/aromatic N) is 1. The van der Waals surface area contributed by atoms with Gasteiger partial charge in [-0.2, -0.15) is 13.2 Å². The number of alkyl halides is 3. The number of carbonyl (C=O) groups is 1. The van der Waals surface area contributed by atoms with Crippen LogP contribution in [0.3, 0.4) is 0 Å². The molecule has 2 atom stereocenters. The molecule has 0 aliphatic carbocycles. The molecule has 4 rings (SSSR count). The Hall–Kier alpha value is -3.81. The highest BCUT2D eigenvalue weighted by Crippen LogP contribution is 2.41.